The molecule has 0 atom stereocenters. The summed E-state index contributed by atoms with van der Waals surface area (Å²) in [4.78, 5) is 0. The lowest BCUT2D eigenvalue weighted by molar-refractivity contribution is -0.330. The van der Waals surface area contributed by atoms with Crippen LogP contribution in [0.5, 0.6) is 11.5 Å². The lowest BCUT2D eigenvalue weighted by atomic mass is 10.3. The topological polar surface area (TPSA) is 38.7 Å². The van der Waals surface area contributed by atoms with Crippen LogP contribution < -0.4 is 9.47 Å². The SMILES string of the molecule is OC(Oc1ccccc1)(Oc1ccccc1)C(F)F. The summed E-state index contributed by atoms with van der Waals surface area (Å²) in [5, 5.41) is 9.80. The molecule has 5 heteroatoms. The third-order valence-electron chi connectivity index (χ3n) is 2.29. The van der Waals surface area contributed by atoms with E-state index in [0.717, 1.165) is 0 Å². The van der Waals surface area contributed by atoms with Crippen LogP contribution in [0.15, 0.2) is 60.7 Å². The predicted octanol–water partition coefficient (Wildman–Crippen LogP) is 3.06. The van der Waals surface area contributed by atoms with Crippen LogP contribution in [0.25, 0.3) is 0 Å². The molecule has 0 aliphatic carbocycles. The number of para-hydroxylation sites is 2. The summed E-state index contributed by atoms with van der Waals surface area (Å²) in [6.45, 7) is 0. The molecule has 0 bridgehead atoms. The van der Waals surface area contributed by atoms with Crippen molar-refractivity contribution in [3.05, 3.63) is 60.7 Å². The Morgan fingerprint density at radius 2 is 1.16 bits per heavy atom. The Kier molecular flexibility index (Phi) is 3.97. The molecule has 3 nitrogen and oxygen atoms in total. The standard InChI is InChI=1S/C14H12F2O3/c15-13(16)14(17,18-11-7-3-1-4-8-11)19-12-9-5-2-6-10-12/h1-10,13,17H. The summed E-state index contributed by atoms with van der Waals surface area (Å²) in [5.41, 5.74) is 0. The molecular formula is C14H12F2O3. The Hall–Kier alpha value is -2.14. The Bertz CT molecular complexity index is 461. The second-order valence-corrected chi connectivity index (χ2v) is 3.76. The molecule has 0 unspecified atom stereocenters. The van der Waals surface area contributed by atoms with Crippen molar-refractivity contribution in [1.82, 2.24) is 0 Å². The monoisotopic (exact) mass is 266 g/mol. The van der Waals surface area contributed by atoms with E-state index in [-0.39, 0.29) is 11.5 Å². The van der Waals surface area contributed by atoms with Crippen LogP contribution in [0.1, 0.15) is 0 Å². The molecule has 2 aromatic rings. The van der Waals surface area contributed by atoms with Crippen LogP contribution in [0.3, 0.4) is 0 Å². The van der Waals surface area contributed by atoms with Gasteiger partial charge in [0, 0.05) is 0 Å². The normalized spacial score (nSPS) is 11.4. The minimum atomic E-state index is -3.23. The summed E-state index contributed by atoms with van der Waals surface area (Å²) in [7, 11) is 0. The summed E-state index contributed by atoms with van der Waals surface area (Å²) < 4.78 is 35.6. The van der Waals surface area contributed by atoms with Gasteiger partial charge in [-0.15, -0.1) is 0 Å². The highest BCUT2D eigenvalue weighted by Gasteiger charge is 2.44. The molecule has 100 valence electrons. The molecule has 0 aromatic heterocycles. The molecule has 1 N–H and O–H groups in total. The number of aliphatic hydroxyl groups is 1. The zero-order chi connectivity index (χ0) is 13.7. The van der Waals surface area contributed by atoms with Gasteiger partial charge in [0.15, 0.2) is 0 Å². The van der Waals surface area contributed by atoms with Crippen LogP contribution >= 0.6 is 0 Å². The first kappa shape index (κ1) is 13.3. The Morgan fingerprint density at radius 1 is 0.789 bits per heavy atom. The molecule has 2 aromatic carbocycles. The van der Waals surface area contributed by atoms with Crippen molar-refractivity contribution in [3.63, 3.8) is 0 Å². The summed E-state index contributed by atoms with van der Waals surface area (Å²) in [6, 6.07) is 15.6. The minimum Gasteiger partial charge on any atom is -0.426 e. The van der Waals surface area contributed by atoms with Gasteiger partial charge in [-0.05, 0) is 24.3 Å². The second-order valence-electron chi connectivity index (χ2n) is 3.76. The molecule has 0 fully saturated rings. The van der Waals surface area contributed by atoms with Crippen molar-refractivity contribution < 1.29 is 23.4 Å². The summed E-state index contributed by atoms with van der Waals surface area (Å²) in [6.07, 6.45) is -3.23. The van der Waals surface area contributed by atoms with E-state index in [1.807, 2.05) is 0 Å². The maximum atomic E-state index is 13.0. The van der Waals surface area contributed by atoms with Crippen molar-refractivity contribution in [2.45, 2.75) is 12.4 Å². The number of ether oxygens (including phenoxy) is 2. The zero-order valence-corrected chi connectivity index (χ0v) is 9.87. The van der Waals surface area contributed by atoms with Crippen LogP contribution in [-0.4, -0.2) is 17.5 Å². The third-order valence-corrected chi connectivity index (χ3v) is 2.29. The van der Waals surface area contributed by atoms with Crippen molar-refractivity contribution in [2.24, 2.45) is 0 Å². The first-order valence-corrected chi connectivity index (χ1v) is 5.59. The van der Waals surface area contributed by atoms with E-state index in [9.17, 15) is 13.9 Å². The fourth-order valence-electron chi connectivity index (χ4n) is 1.42. The minimum absolute atomic E-state index is 0.0845. The van der Waals surface area contributed by atoms with Gasteiger partial charge in [0.2, 0.25) is 0 Å². The van der Waals surface area contributed by atoms with Gasteiger partial charge in [0.25, 0.3) is 0 Å². The quantitative estimate of drug-likeness (QED) is 0.845. The Labute approximate surface area is 109 Å². The maximum Gasteiger partial charge on any atom is 0.434 e. The summed E-state index contributed by atoms with van der Waals surface area (Å²) >= 11 is 0. The molecule has 19 heavy (non-hydrogen) atoms. The van der Waals surface area contributed by atoms with Crippen molar-refractivity contribution in [3.8, 4) is 11.5 Å². The fraction of sp³-hybridized carbons (Fsp3) is 0.143. The van der Waals surface area contributed by atoms with Gasteiger partial charge in [0.1, 0.15) is 11.5 Å². The first-order valence-electron chi connectivity index (χ1n) is 5.59. The maximum absolute atomic E-state index is 13.0. The molecule has 2 rings (SSSR count). The average Bonchev–Trinajstić information content (AvgIpc) is 2.40. The molecule has 0 saturated heterocycles. The van der Waals surface area contributed by atoms with E-state index < -0.39 is 12.4 Å². The zero-order valence-electron chi connectivity index (χ0n) is 9.87. The van der Waals surface area contributed by atoms with Crippen LogP contribution in [-0.2, 0) is 0 Å². The van der Waals surface area contributed by atoms with Crippen LogP contribution in [0.4, 0.5) is 8.78 Å². The van der Waals surface area contributed by atoms with E-state index in [1.165, 1.54) is 24.3 Å². The predicted molar refractivity (Wildman–Crippen MR) is 65.1 cm³/mol. The lowest BCUT2D eigenvalue weighted by Crippen LogP contribution is -2.49. The fourth-order valence-corrected chi connectivity index (χ4v) is 1.42. The highest BCUT2D eigenvalue weighted by Crippen LogP contribution is 2.25. The molecule has 0 aliphatic heterocycles. The third kappa shape index (κ3) is 3.42. The first-order chi connectivity index (χ1) is 9.10. The van der Waals surface area contributed by atoms with Crippen molar-refractivity contribution >= 4 is 0 Å². The lowest BCUT2D eigenvalue weighted by Gasteiger charge is -2.27. The van der Waals surface area contributed by atoms with Crippen LogP contribution in [0, 0.1) is 0 Å². The number of hydrogen-bond acceptors (Lipinski definition) is 3. The Morgan fingerprint density at radius 3 is 1.47 bits per heavy atom. The number of alkyl halides is 2. The van der Waals surface area contributed by atoms with Crippen molar-refractivity contribution in [1.29, 1.82) is 0 Å². The van der Waals surface area contributed by atoms with Crippen molar-refractivity contribution in [2.75, 3.05) is 0 Å². The number of hydrogen-bond donors (Lipinski definition) is 1. The Balaban J connectivity index is 2.18. The van der Waals surface area contributed by atoms with Gasteiger partial charge in [-0.1, -0.05) is 36.4 Å². The van der Waals surface area contributed by atoms with Gasteiger partial charge in [-0.2, -0.15) is 8.78 Å². The van der Waals surface area contributed by atoms with E-state index in [4.69, 9.17) is 9.47 Å². The second kappa shape index (κ2) is 5.67. The number of halogens is 2. The average molecular weight is 266 g/mol. The van der Waals surface area contributed by atoms with Gasteiger partial charge in [0.05, 0.1) is 0 Å². The van der Waals surface area contributed by atoms with Gasteiger partial charge in [-0.3, -0.25) is 0 Å². The molecule has 0 radical (unpaired) electrons. The van der Waals surface area contributed by atoms with E-state index in [2.05, 4.69) is 0 Å². The van der Waals surface area contributed by atoms with Gasteiger partial charge < -0.3 is 14.6 Å². The molecule has 0 saturated carbocycles. The summed E-state index contributed by atoms with van der Waals surface area (Å²) in [5.74, 6) is -2.86. The highest BCUT2D eigenvalue weighted by molar-refractivity contribution is 5.23. The highest BCUT2D eigenvalue weighted by atomic mass is 19.3. The molecular weight excluding hydrogens is 254 g/mol. The molecule has 0 spiro atoms. The smallest absolute Gasteiger partial charge is 0.426 e. The van der Waals surface area contributed by atoms with E-state index >= 15 is 0 Å². The largest absolute Gasteiger partial charge is 0.434 e. The molecule has 0 amide bonds. The number of rotatable bonds is 5. The molecule has 0 aliphatic rings. The van der Waals surface area contributed by atoms with Crippen LogP contribution in [0.2, 0.25) is 0 Å². The number of benzene rings is 2. The van der Waals surface area contributed by atoms with E-state index in [0.29, 0.717) is 0 Å². The molecule has 0 heterocycles. The van der Waals surface area contributed by atoms with Gasteiger partial charge in [-0.25, -0.2) is 0 Å². The van der Waals surface area contributed by atoms with E-state index in [1.54, 1.807) is 36.4 Å². The van der Waals surface area contributed by atoms with Gasteiger partial charge >= 0.3 is 12.4 Å².